The molecule has 1 aromatic heterocycles. The van der Waals surface area contributed by atoms with Crippen molar-refractivity contribution in [3.8, 4) is 0 Å². The molecule has 0 spiro atoms. The Morgan fingerprint density at radius 3 is 2.79 bits per heavy atom. The van der Waals surface area contributed by atoms with Crippen LogP contribution in [0.4, 0.5) is 0 Å². The van der Waals surface area contributed by atoms with Crippen LogP contribution in [0.1, 0.15) is 18.0 Å². The maximum absolute atomic E-state index is 11.1. The lowest BCUT2D eigenvalue weighted by Gasteiger charge is -2.16. The number of primary sulfonamides is 1. The Hall–Kier alpha value is -0.0800. The Kier molecular flexibility index (Phi) is 2.61. The number of sulfonamides is 1. The van der Waals surface area contributed by atoms with Crippen LogP contribution >= 0.6 is 23.1 Å². The average Bonchev–Trinajstić information content (AvgIpc) is 2.48. The SMILES string of the molecule is NC1CCSc2sc(S(N)(=O)=O)cc21. The molecule has 1 aliphatic rings. The van der Waals surface area contributed by atoms with Crippen LogP contribution in [0.15, 0.2) is 14.5 Å². The molecule has 2 rings (SSSR count). The van der Waals surface area contributed by atoms with Crippen molar-refractivity contribution in [1.82, 2.24) is 0 Å². The number of thioether (sulfide) groups is 1. The van der Waals surface area contributed by atoms with E-state index in [0.29, 0.717) is 0 Å². The number of hydrogen-bond donors (Lipinski definition) is 2. The Balaban J connectivity index is 2.50. The number of fused-ring (bicyclic) bond motifs is 1. The molecular formula is C7H10N2O2S3. The first-order valence-electron chi connectivity index (χ1n) is 4.03. The molecule has 4 nitrogen and oxygen atoms in total. The molecule has 0 bridgehead atoms. The second kappa shape index (κ2) is 3.49. The minimum absolute atomic E-state index is 0.0435. The van der Waals surface area contributed by atoms with Crippen molar-refractivity contribution in [3.05, 3.63) is 11.6 Å². The lowest BCUT2D eigenvalue weighted by atomic mass is 10.1. The van der Waals surface area contributed by atoms with Crippen LogP contribution in [-0.2, 0) is 10.0 Å². The van der Waals surface area contributed by atoms with E-state index >= 15 is 0 Å². The summed E-state index contributed by atoms with van der Waals surface area (Å²) in [6.45, 7) is 0. The van der Waals surface area contributed by atoms with Crippen molar-refractivity contribution >= 4 is 33.1 Å². The molecule has 4 N–H and O–H groups in total. The quantitative estimate of drug-likeness (QED) is 0.775. The van der Waals surface area contributed by atoms with E-state index in [9.17, 15) is 8.42 Å². The first kappa shape index (κ1) is 10.4. The Morgan fingerprint density at radius 1 is 1.50 bits per heavy atom. The van der Waals surface area contributed by atoms with Gasteiger partial charge in [-0.15, -0.1) is 23.1 Å². The van der Waals surface area contributed by atoms with Gasteiger partial charge in [0.15, 0.2) is 0 Å². The molecule has 0 saturated heterocycles. The van der Waals surface area contributed by atoms with E-state index < -0.39 is 10.0 Å². The van der Waals surface area contributed by atoms with Crippen LogP contribution in [0.3, 0.4) is 0 Å². The third-order valence-electron chi connectivity index (χ3n) is 2.04. The Labute approximate surface area is 90.7 Å². The molecule has 0 radical (unpaired) electrons. The molecule has 78 valence electrons. The van der Waals surface area contributed by atoms with Crippen LogP contribution in [-0.4, -0.2) is 14.2 Å². The standard InChI is InChI=1S/C7H10N2O2S3/c8-5-1-2-12-7-4(5)3-6(13-7)14(9,10)11/h3,5H,1-2,8H2,(H2,9,10,11). The first-order chi connectivity index (χ1) is 6.48. The molecule has 1 unspecified atom stereocenters. The molecule has 0 amide bonds. The topological polar surface area (TPSA) is 86.2 Å². The monoisotopic (exact) mass is 250 g/mol. The summed E-state index contributed by atoms with van der Waals surface area (Å²) in [5.74, 6) is 0.943. The van der Waals surface area contributed by atoms with Crippen LogP contribution in [0.5, 0.6) is 0 Å². The van der Waals surface area contributed by atoms with Crippen LogP contribution in [0.2, 0.25) is 0 Å². The van der Waals surface area contributed by atoms with Crippen molar-refractivity contribution in [2.45, 2.75) is 20.9 Å². The molecule has 1 aromatic rings. The van der Waals surface area contributed by atoms with Gasteiger partial charge in [-0.3, -0.25) is 0 Å². The summed E-state index contributed by atoms with van der Waals surface area (Å²) in [7, 11) is -3.57. The molecule has 7 heteroatoms. The smallest absolute Gasteiger partial charge is 0.247 e. The maximum Gasteiger partial charge on any atom is 0.247 e. The number of hydrogen-bond acceptors (Lipinski definition) is 5. The molecule has 0 aliphatic carbocycles. The van der Waals surface area contributed by atoms with Crippen molar-refractivity contribution in [3.63, 3.8) is 0 Å². The molecule has 0 saturated carbocycles. The van der Waals surface area contributed by atoms with Gasteiger partial charge in [0.05, 0.1) is 4.21 Å². The minimum Gasteiger partial charge on any atom is -0.324 e. The third-order valence-corrected chi connectivity index (χ3v) is 5.95. The van der Waals surface area contributed by atoms with Gasteiger partial charge < -0.3 is 5.73 Å². The van der Waals surface area contributed by atoms with E-state index in [1.807, 2.05) is 0 Å². The highest BCUT2D eigenvalue weighted by molar-refractivity contribution is 8.01. The molecule has 2 heterocycles. The van der Waals surface area contributed by atoms with Gasteiger partial charge >= 0.3 is 0 Å². The lowest BCUT2D eigenvalue weighted by molar-refractivity contribution is 0.599. The van der Waals surface area contributed by atoms with Gasteiger partial charge in [0, 0.05) is 11.8 Å². The van der Waals surface area contributed by atoms with Gasteiger partial charge in [0.25, 0.3) is 0 Å². The predicted octanol–water partition coefficient (Wildman–Crippen LogP) is 0.891. The van der Waals surface area contributed by atoms with E-state index in [-0.39, 0.29) is 10.3 Å². The second-order valence-corrected chi connectivity index (χ2v) is 7.30. The zero-order valence-electron chi connectivity index (χ0n) is 7.26. The van der Waals surface area contributed by atoms with Gasteiger partial charge in [-0.25, -0.2) is 13.6 Å². The summed E-state index contributed by atoms with van der Waals surface area (Å²) in [5.41, 5.74) is 6.79. The van der Waals surface area contributed by atoms with Gasteiger partial charge in [-0.2, -0.15) is 0 Å². The molecule has 0 fully saturated rings. The molecule has 14 heavy (non-hydrogen) atoms. The van der Waals surface area contributed by atoms with E-state index in [1.165, 1.54) is 11.3 Å². The summed E-state index contributed by atoms with van der Waals surface area (Å²) in [6, 6.07) is 1.56. The molecule has 1 atom stereocenters. The summed E-state index contributed by atoms with van der Waals surface area (Å²) in [4.78, 5) is 0. The zero-order chi connectivity index (χ0) is 10.3. The summed E-state index contributed by atoms with van der Waals surface area (Å²) in [5, 5.41) is 5.05. The highest BCUT2D eigenvalue weighted by atomic mass is 32.3. The number of thiophene rings is 1. The van der Waals surface area contributed by atoms with E-state index in [4.69, 9.17) is 10.9 Å². The summed E-state index contributed by atoms with van der Waals surface area (Å²) >= 11 is 2.86. The molecular weight excluding hydrogens is 240 g/mol. The van der Waals surface area contributed by atoms with Crippen molar-refractivity contribution < 1.29 is 8.42 Å². The molecule has 0 aromatic carbocycles. The molecule has 1 aliphatic heterocycles. The Bertz CT molecular complexity index is 452. The normalized spacial score (nSPS) is 22.0. The number of nitrogens with two attached hydrogens (primary N) is 2. The average molecular weight is 250 g/mol. The van der Waals surface area contributed by atoms with Crippen molar-refractivity contribution in [2.75, 3.05) is 5.75 Å². The highest BCUT2D eigenvalue weighted by Crippen LogP contribution is 2.41. The maximum atomic E-state index is 11.1. The predicted molar refractivity (Wildman–Crippen MR) is 58.0 cm³/mol. The fourth-order valence-electron chi connectivity index (χ4n) is 1.31. The zero-order valence-corrected chi connectivity index (χ0v) is 9.71. The fourth-order valence-corrected chi connectivity index (χ4v) is 4.86. The van der Waals surface area contributed by atoms with Gasteiger partial charge in [0.2, 0.25) is 10.0 Å². The van der Waals surface area contributed by atoms with Gasteiger partial charge in [-0.05, 0) is 18.1 Å². The third kappa shape index (κ3) is 1.82. The van der Waals surface area contributed by atoms with Crippen molar-refractivity contribution in [1.29, 1.82) is 0 Å². The second-order valence-electron chi connectivity index (χ2n) is 3.10. The van der Waals surface area contributed by atoms with Crippen LogP contribution < -0.4 is 10.9 Å². The van der Waals surface area contributed by atoms with Gasteiger partial charge in [-0.1, -0.05) is 0 Å². The van der Waals surface area contributed by atoms with E-state index in [2.05, 4.69) is 0 Å². The van der Waals surface area contributed by atoms with E-state index in [1.54, 1.807) is 17.8 Å². The first-order valence-corrected chi connectivity index (χ1v) is 7.38. The minimum atomic E-state index is -3.57. The lowest BCUT2D eigenvalue weighted by Crippen LogP contribution is -2.14. The fraction of sp³-hybridized carbons (Fsp3) is 0.429. The van der Waals surface area contributed by atoms with Gasteiger partial charge in [0.1, 0.15) is 4.21 Å². The summed E-state index contributed by atoms with van der Waals surface area (Å²) in [6.07, 6.45) is 0.887. The Morgan fingerprint density at radius 2 is 2.21 bits per heavy atom. The highest BCUT2D eigenvalue weighted by Gasteiger charge is 2.23. The largest absolute Gasteiger partial charge is 0.324 e. The van der Waals surface area contributed by atoms with E-state index in [0.717, 1.165) is 21.9 Å². The van der Waals surface area contributed by atoms with Crippen molar-refractivity contribution in [2.24, 2.45) is 10.9 Å². The number of rotatable bonds is 1. The summed E-state index contributed by atoms with van der Waals surface area (Å²) < 4.78 is 23.4. The van der Waals surface area contributed by atoms with Crippen LogP contribution in [0.25, 0.3) is 0 Å². The van der Waals surface area contributed by atoms with Crippen LogP contribution in [0, 0.1) is 0 Å².